The van der Waals surface area contributed by atoms with Gasteiger partial charge in [-0.25, -0.2) is 4.98 Å². The van der Waals surface area contributed by atoms with Crippen molar-refractivity contribution in [1.82, 2.24) is 9.55 Å². The number of fused-ring (bicyclic) bond motifs is 3. The Morgan fingerprint density at radius 1 is 0.391 bits per heavy atom. The smallest absolute Gasteiger partial charge is 0.145 e. The van der Waals surface area contributed by atoms with Gasteiger partial charge >= 0.3 is 0 Å². The summed E-state index contributed by atoms with van der Waals surface area (Å²) in [7, 11) is 11.3. The molecule has 0 aliphatic heterocycles. The fraction of sp³-hybridized carbons (Fsp3) is 0. The van der Waals surface area contributed by atoms with Gasteiger partial charge in [0, 0.05) is 16.3 Å². The molecule has 0 aliphatic rings. The van der Waals surface area contributed by atoms with E-state index >= 15 is 0 Å². The van der Waals surface area contributed by atoms with Crippen LogP contribution >= 0.6 is 0 Å². The molecule has 1 heterocycles. The lowest BCUT2D eigenvalue weighted by atomic mass is 9.59. The summed E-state index contributed by atoms with van der Waals surface area (Å²) in [6.07, 6.45) is 0. The fourth-order valence-corrected chi connectivity index (χ4v) is 7.43. The second-order valence-electron chi connectivity index (χ2n) is 12.5. The van der Waals surface area contributed by atoms with Crippen molar-refractivity contribution < 1.29 is 0 Å². The Bertz CT molecular complexity index is 2380. The van der Waals surface area contributed by atoms with Gasteiger partial charge in [0.05, 0.1) is 16.7 Å². The van der Waals surface area contributed by atoms with E-state index in [0.717, 1.165) is 28.1 Å². The van der Waals surface area contributed by atoms with Crippen LogP contribution in [0.5, 0.6) is 0 Å². The summed E-state index contributed by atoms with van der Waals surface area (Å²) in [5.74, 6) is 0.948. The van der Waals surface area contributed by atoms with Crippen LogP contribution in [0.1, 0.15) is 0 Å². The summed E-state index contributed by atoms with van der Waals surface area (Å²) in [6, 6.07) is 46.0. The van der Waals surface area contributed by atoms with Gasteiger partial charge in [0.15, 0.2) is 0 Å². The third-order valence-corrected chi connectivity index (χ3v) is 10.2. The molecule has 0 aliphatic carbocycles. The van der Waals surface area contributed by atoms with Crippen LogP contribution in [0, 0.1) is 0 Å². The van der Waals surface area contributed by atoms with E-state index < -0.39 is 0 Å². The standard InChI is InChI=1S/C39H31B5N2/c40-33-32(34(41)36(43)37(44)35(33)42)23-20-18-22(19-21-23)31-25-12-4-6-14-27(25)38(28-15-7-5-13-26(28)31)46-30-17-9-8-16-29(30)45-39(46)24-10-2-1-3-11-24/h1-21H,40-44H2. The van der Waals surface area contributed by atoms with Gasteiger partial charge in [-0.15, -0.1) is 16.4 Å². The van der Waals surface area contributed by atoms with E-state index in [9.17, 15) is 0 Å². The van der Waals surface area contributed by atoms with E-state index in [2.05, 4.69) is 171 Å². The highest BCUT2D eigenvalue weighted by molar-refractivity contribution is 6.68. The molecule has 7 heteroatoms. The molecule has 1 aromatic heterocycles. The number of imidazole rings is 1. The largest absolute Gasteiger partial charge is 0.291 e. The molecule has 0 saturated carbocycles. The first-order chi connectivity index (χ1) is 22.4. The SMILES string of the molecule is Bc1c(B)c(B)c(-c2ccc(-c3c4ccccc4c(-n4c(-c5ccccc5)nc5ccccc54)c4ccccc34)cc2)c(B)c1B. The summed E-state index contributed by atoms with van der Waals surface area (Å²) < 4.78 is 2.37. The molecule has 0 radical (unpaired) electrons. The Morgan fingerprint density at radius 2 is 0.848 bits per heavy atom. The summed E-state index contributed by atoms with van der Waals surface area (Å²) in [5.41, 5.74) is 16.4. The Labute approximate surface area is 274 Å². The van der Waals surface area contributed by atoms with Crippen LogP contribution in [0.3, 0.4) is 0 Å². The van der Waals surface area contributed by atoms with Crippen LogP contribution in [0.4, 0.5) is 0 Å². The first kappa shape index (κ1) is 28.3. The third-order valence-electron chi connectivity index (χ3n) is 10.2. The van der Waals surface area contributed by atoms with Gasteiger partial charge in [0.25, 0.3) is 0 Å². The first-order valence-electron chi connectivity index (χ1n) is 16.1. The Kier molecular flexibility index (Phi) is 6.80. The average Bonchev–Trinajstić information content (AvgIpc) is 3.49. The summed E-state index contributed by atoms with van der Waals surface area (Å²) in [4.78, 5) is 5.19. The molecule has 0 fully saturated rings. The zero-order valence-electron chi connectivity index (χ0n) is 27.0. The van der Waals surface area contributed by atoms with E-state index in [1.807, 2.05) is 0 Å². The topological polar surface area (TPSA) is 17.8 Å². The maximum Gasteiger partial charge on any atom is 0.145 e. The second-order valence-corrected chi connectivity index (χ2v) is 12.5. The number of aromatic nitrogens is 2. The van der Waals surface area contributed by atoms with E-state index in [1.54, 1.807) is 0 Å². The van der Waals surface area contributed by atoms with Crippen LogP contribution in [-0.2, 0) is 0 Å². The van der Waals surface area contributed by atoms with Crippen molar-refractivity contribution in [2.24, 2.45) is 0 Å². The monoisotopic (exact) mass is 582 g/mol. The molecule has 2 nitrogen and oxygen atoms in total. The molecule has 8 aromatic rings. The number of hydrogen-bond donors (Lipinski definition) is 0. The molecule has 46 heavy (non-hydrogen) atoms. The van der Waals surface area contributed by atoms with Crippen molar-refractivity contribution >= 4 is 99.1 Å². The Balaban J connectivity index is 1.41. The number of benzene rings is 7. The van der Waals surface area contributed by atoms with Crippen LogP contribution in [0.2, 0.25) is 0 Å². The van der Waals surface area contributed by atoms with Crippen molar-refractivity contribution in [1.29, 1.82) is 0 Å². The molecule has 0 saturated heterocycles. The maximum absolute atomic E-state index is 5.19. The van der Waals surface area contributed by atoms with Crippen molar-refractivity contribution in [3.8, 4) is 39.3 Å². The summed E-state index contributed by atoms with van der Waals surface area (Å²) >= 11 is 0. The van der Waals surface area contributed by atoms with Crippen molar-refractivity contribution in [3.05, 3.63) is 127 Å². The van der Waals surface area contributed by atoms with Gasteiger partial charge in [-0.05, 0) is 45.2 Å². The maximum atomic E-state index is 5.19. The predicted octanol–water partition coefficient (Wildman–Crippen LogP) is 1.62. The van der Waals surface area contributed by atoms with Gasteiger partial charge in [0.2, 0.25) is 0 Å². The summed E-state index contributed by atoms with van der Waals surface area (Å²) in [6.45, 7) is 0. The highest BCUT2D eigenvalue weighted by Gasteiger charge is 2.22. The summed E-state index contributed by atoms with van der Waals surface area (Å²) in [5, 5.41) is 4.87. The van der Waals surface area contributed by atoms with Crippen molar-refractivity contribution in [3.63, 3.8) is 0 Å². The van der Waals surface area contributed by atoms with E-state index in [0.29, 0.717) is 0 Å². The van der Waals surface area contributed by atoms with Gasteiger partial charge in [-0.1, -0.05) is 126 Å². The lowest BCUT2D eigenvalue weighted by Crippen LogP contribution is -2.55. The van der Waals surface area contributed by atoms with E-state index in [-0.39, 0.29) is 0 Å². The molecule has 0 spiro atoms. The second kappa shape index (κ2) is 11.0. The minimum Gasteiger partial charge on any atom is -0.291 e. The fourth-order valence-electron chi connectivity index (χ4n) is 7.43. The zero-order chi connectivity index (χ0) is 31.5. The third kappa shape index (κ3) is 4.30. The van der Waals surface area contributed by atoms with Crippen LogP contribution < -0.4 is 27.3 Å². The molecule has 212 valence electrons. The number of hydrogen-bond acceptors (Lipinski definition) is 1. The minimum absolute atomic E-state index is 0.948. The lowest BCUT2D eigenvalue weighted by Gasteiger charge is -2.21. The quantitative estimate of drug-likeness (QED) is 0.228. The van der Waals surface area contributed by atoms with Gasteiger partial charge in [0.1, 0.15) is 45.1 Å². The normalized spacial score (nSPS) is 11.5. The van der Waals surface area contributed by atoms with E-state index in [4.69, 9.17) is 4.98 Å². The highest BCUT2D eigenvalue weighted by Crippen LogP contribution is 2.43. The molecular weight excluding hydrogens is 551 g/mol. The predicted molar refractivity (Wildman–Crippen MR) is 213 cm³/mol. The van der Waals surface area contributed by atoms with Crippen molar-refractivity contribution in [2.75, 3.05) is 0 Å². The van der Waals surface area contributed by atoms with Gasteiger partial charge in [-0.3, -0.25) is 4.57 Å². The zero-order valence-corrected chi connectivity index (χ0v) is 27.0. The molecule has 0 bridgehead atoms. The van der Waals surface area contributed by atoms with E-state index in [1.165, 1.54) is 71.1 Å². The molecule has 0 amide bonds. The van der Waals surface area contributed by atoms with Crippen LogP contribution in [-0.4, -0.2) is 48.8 Å². The Morgan fingerprint density at radius 3 is 1.43 bits per heavy atom. The van der Waals surface area contributed by atoms with Crippen LogP contribution in [0.25, 0.3) is 71.9 Å². The molecule has 0 atom stereocenters. The Hall–Kier alpha value is -5.15. The highest BCUT2D eigenvalue weighted by atomic mass is 15.1. The van der Waals surface area contributed by atoms with Crippen LogP contribution in [0.15, 0.2) is 127 Å². The first-order valence-corrected chi connectivity index (χ1v) is 16.1. The average molecular weight is 582 g/mol. The molecule has 0 N–H and O–H groups in total. The van der Waals surface area contributed by atoms with Gasteiger partial charge < -0.3 is 0 Å². The minimum atomic E-state index is 0.948. The number of para-hydroxylation sites is 2. The van der Waals surface area contributed by atoms with Gasteiger partial charge in [-0.2, -0.15) is 0 Å². The number of nitrogens with zero attached hydrogens (tertiary/aromatic N) is 2. The molecule has 8 rings (SSSR count). The van der Waals surface area contributed by atoms with Crippen molar-refractivity contribution in [2.45, 2.75) is 0 Å². The lowest BCUT2D eigenvalue weighted by molar-refractivity contribution is 1.13. The molecule has 0 unspecified atom stereocenters. The molecule has 7 aromatic carbocycles. The number of rotatable bonds is 4. The molecular formula is C39H31B5N2.